The number of hydrogen-bond donors (Lipinski definition) is 0. The Balaban J connectivity index is 1.85. The number of hydrogen-bond acceptors (Lipinski definition) is 4. The lowest BCUT2D eigenvalue weighted by Crippen LogP contribution is -1.99. The van der Waals surface area contributed by atoms with Crippen molar-refractivity contribution in [1.82, 2.24) is 0 Å². The molecule has 0 unspecified atom stereocenters. The summed E-state index contributed by atoms with van der Waals surface area (Å²) in [6.45, 7) is 0.00637. The van der Waals surface area contributed by atoms with Gasteiger partial charge in [0.2, 0.25) is 0 Å². The van der Waals surface area contributed by atoms with Crippen molar-refractivity contribution >= 4 is 44.9 Å². The number of nitro groups is 1. The zero-order chi connectivity index (χ0) is 21.7. The average molecular weight is 488 g/mol. The average Bonchev–Trinajstić information content (AvgIpc) is 2.72. The molecule has 150 valence electrons. The standard InChI is InChI=1S/C22H13BrClFN2O3/c23-19-10-14(9-17(12-26)15-5-7-18(8-6-15)27(28)29)11-20(24)22(19)30-13-16-3-1-2-4-21(16)25/h1-11H,13H2/b17-9-. The third kappa shape index (κ3) is 5.03. The SMILES string of the molecule is N#C/C(=C/c1cc(Cl)c(OCc2ccccc2F)c(Br)c1)c1ccc([N+](=O)[O-])cc1. The van der Waals surface area contributed by atoms with Crippen LogP contribution in [0.25, 0.3) is 11.6 Å². The van der Waals surface area contributed by atoms with E-state index in [0.717, 1.165) is 0 Å². The minimum atomic E-state index is -0.504. The summed E-state index contributed by atoms with van der Waals surface area (Å²) in [6.07, 6.45) is 1.61. The fraction of sp³-hybridized carbons (Fsp3) is 0.0455. The minimum absolute atomic E-state index is 0.00637. The Morgan fingerprint density at radius 3 is 2.53 bits per heavy atom. The first-order valence-corrected chi connectivity index (χ1v) is 9.78. The van der Waals surface area contributed by atoms with E-state index in [4.69, 9.17) is 16.3 Å². The third-order valence-electron chi connectivity index (χ3n) is 4.17. The van der Waals surface area contributed by atoms with Gasteiger partial charge in [-0.3, -0.25) is 10.1 Å². The van der Waals surface area contributed by atoms with Gasteiger partial charge in [-0.05, 0) is 63.5 Å². The molecule has 0 atom stereocenters. The Morgan fingerprint density at radius 2 is 1.93 bits per heavy atom. The zero-order valence-electron chi connectivity index (χ0n) is 15.3. The van der Waals surface area contributed by atoms with Crippen molar-refractivity contribution in [3.63, 3.8) is 0 Å². The first-order chi connectivity index (χ1) is 14.4. The van der Waals surface area contributed by atoms with Crippen LogP contribution in [0.4, 0.5) is 10.1 Å². The normalized spacial score (nSPS) is 11.1. The second kappa shape index (κ2) is 9.53. The maximum atomic E-state index is 13.8. The number of benzene rings is 3. The van der Waals surface area contributed by atoms with Gasteiger partial charge in [0, 0.05) is 17.7 Å². The molecule has 0 aliphatic carbocycles. The zero-order valence-corrected chi connectivity index (χ0v) is 17.7. The fourth-order valence-corrected chi connectivity index (χ4v) is 3.66. The van der Waals surface area contributed by atoms with E-state index in [1.807, 2.05) is 0 Å². The number of non-ortho nitro benzene ring substituents is 1. The van der Waals surface area contributed by atoms with Gasteiger partial charge in [0.05, 0.1) is 26.1 Å². The molecule has 8 heteroatoms. The highest BCUT2D eigenvalue weighted by Crippen LogP contribution is 2.36. The van der Waals surface area contributed by atoms with Crippen molar-refractivity contribution in [2.75, 3.05) is 0 Å². The van der Waals surface area contributed by atoms with E-state index >= 15 is 0 Å². The first-order valence-electron chi connectivity index (χ1n) is 8.61. The van der Waals surface area contributed by atoms with Gasteiger partial charge in [0.15, 0.2) is 5.75 Å². The van der Waals surface area contributed by atoms with Crippen molar-refractivity contribution in [3.05, 3.63) is 103 Å². The van der Waals surface area contributed by atoms with Gasteiger partial charge in [-0.2, -0.15) is 5.26 Å². The molecule has 0 spiro atoms. The highest BCUT2D eigenvalue weighted by molar-refractivity contribution is 9.10. The van der Waals surface area contributed by atoms with Crippen LogP contribution in [0.3, 0.4) is 0 Å². The number of halogens is 3. The lowest BCUT2D eigenvalue weighted by atomic mass is 10.0. The van der Waals surface area contributed by atoms with E-state index in [0.29, 0.717) is 32.5 Å². The molecule has 0 N–H and O–H groups in total. The maximum absolute atomic E-state index is 13.8. The van der Waals surface area contributed by atoms with Gasteiger partial charge in [0.1, 0.15) is 12.4 Å². The molecule has 0 aliphatic rings. The molecule has 3 aromatic carbocycles. The molecular formula is C22H13BrClFN2O3. The summed E-state index contributed by atoms with van der Waals surface area (Å²) in [7, 11) is 0. The third-order valence-corrected chi connectivity index (χ3v) is 5.04. The Bertz CT molecular complexity index is 1150. The fourth-order valence-electron chi connectivity index (χ4n) is 2.68. The maximum Gasteiger partial charge on any atom is 0.269 e. The Morgan fingerprint density at radius 1 is 1.23 bits per heavy atom. The highest BCUT2D eigenvalue weighted by atomic mass is 79.9. The van der Waals surface area contributed by atoms with Crippen LogP contribution in [-0.2, 0) is 6.61 Å². The molecule has 0 aromatic heterocycles. The van der Waals surface area contributed by atoms with Crippen LogP contribution >= 0.6 is 27.5 Å². The lowest BCUT2D eigenvalue weighted by molar-refractivity contribution is -0.384. The van der Waals surface area contributed by atoms with Gasteiger partial charge in [-0.15, -0.1) is 0 Å². The highest BCUT2D eigenvalue weighted by Gasteiger charge is 2.12. The van der Waals surface area contributed by atoms with Gasteiger partial charge >= 0.3 is 0 Å². The predicted molar refractivity (Wildman–Crippen MR) is 116 cm³/mol. The van der Waals surface area contributed by atoms with Gasteiger partial charge in [-0.25, -0.2) is 4.39 Å². The van der Waals surface area contributed by atoms with E-state index in [1.165, 1.54) is 30.3 Å². The molecule has 30 heavy (non-hydrogen) atoms. The van der Waals surface area contributed by atoms with Crippen LogP contribution in [0.2, 0.25) is 5.02 Å². The van der Waals surface area contributed by atoms with E-state index in [9.17, 15) is 19.8 Å². The molecule has 3 aromatic rings. The van der Waals surface area contributed by atoms with Crippen molar-refractivity contribution in [2.45, 2.75) is 6.61 Å². The van der Waals surface area contributed by atoms with Gasteiger partial charge < -0.3 is 4.74 Å². The van der Waals surface area contributed by atoms with E-state index < -0.39 is 4.92 Å². The summed E-state index contributed by atoms with van der Waals surface area (Å²) < 4.78 is 20.0. The van der Waals surface area contributed by atoms with Crippen molar-refractivity contribution in [1.29, 1.82) is 5.26 Å². The van der Waals surface area contributed by atoms with Gasteiger partial charge in [0.25, 0.3) is 5.69 Å². The molecule has 0 radical (unpaired) electrons. The van der Waals surface area contributed by atoms with E-state index in [2.05, 4.69) is 22.0 Å². The number of nitrogens with zero attached hydrogens (tertiary/aromatic N) is 2. The number of nitriles is 1. The molecule has 0 fully saturated rings. The summed E-state index contributed by atoms with van der Waals surface area (Å²) in [6, 6.07) is 17.4. The Kier molecular flexibility index (Phi) is 6.83. The van der Waals surface area contributed by atoms with Crippen LogP contribution in [-0.4, -0.2) is 4.92 Å². The quantitative estimate of drug-likeness (QED) is 0.166. The summed E-state index contributed by atoms with van der Waals surface area (Å²) in [5.74, 6) is -0.0167. The van der Waals surface area contributed by atoms with Crippen molar-refractivity contribution in [2.24, 2.45) is 0 Å². The Labute approximate surface area is 185 Å². The summed E-state index contributed by atoms with van der Waals surface area (Å²) in [4.78, 5) is 10.3. The van der Waals surface area contributed by atoms with Gasteiger partial charge in [-0.1, -0.05) is 29.8 Å². The molecule has 5 nitrogen and oxygen atoms in total. The summed E-state index contributed by atoms with van der Waals surface area (Å²) in [5.41, 5.74) is 1.82. The number of rotatable bonds is 6. The number of allylic oxidation sites excluding steroid dienone is 1. The molecule has 0 saturated heterocycles. The second-order valence-corrected chi connectivity index (χ2v) is 7.43. The Hall–Kier alpha value is -3.21. The largest absolute Gasteiger partial charge is 0.486 e. The summed E-state index contributed by atoms with van der Waals surface area (Å²) >= 11 is 9.73. The molecule has 3 rings (SSSR count). The lowest BCUT2D eigenvalue weighted by Gasteiger charge is -2.12. The molecule has 0 heterocycles. The second-order valence-electron chi connectivity index (χ2n) is 6.17. The van der Waals surface area contributed by atoms with E-state index in [1.54, 1.807) is 36.4 Å². The van der Waals surface area contributed by atoms with Crippen LogP contribution in [0.1, 0.15) is 16.7 Å². The number of nitro benzene ring substituents is 1. The molecule has 0 saturated carbocycles. The smallest absolute Gasteiger partial charge is 0.269 e. The molecule has 0 amide bonds. The number of ether oxygens (including phenoxy) is 1. The van der Waals surface area contributed by atoms with Crippen LogP contribution in [0, 0.1) is 27.3 Å². The summed E-state index contributed by atoms with van der Waals surface area (Å²) in [5, 5.41) is 20.6. The van der Waals surface area contributed by atoms with Crippen LogP contribution in [0.5, 0.6) is 5.75 Å². The van der Waals surface area contributed by atoms with Crippen LogP contribution < -0.4 is 4.74 Å². The van der Waals surface area contributed by atoms with Crippen molar-refractivity contribution in [3.8, 4) is 11.8 Å². The van der Waals surface area contributed by atoms with E-state index in [-0.39, 0.29) is 23.1 Å². The monoisotopic (exact) mass is 486 g/mol. The molecule has 0 aliphatic heterocycles. The van der Waals surface area contributed by atoms with Crippen molar-refractivity contribution < 1.29 is 14.1 Å². The molecular weight excluding hydrogens is 475 g/mol. The van der Waals surface area contributed by atoms with Crippen LogP contribution in [0.15, 0.2) is 65.1 Å². The topological polar surface area (TPSA) is 76.2 Å². The molecule has 0 bridgehead atoms. The minimum Gasteiger partial charge on any atom is -0.486 e. The predicted octanol–water partition coefficient (Wildman–Crippen LogP) is 6.79. The first kappa shape index (κ1) is 21.5.